The Kier molecular flexibility index (Phi) is 3.99. The maximum atomic E-state index is 12.3. The van der Waals surface area contributed by atoms with Crippen molar-refractivity contribution in [3.05, 3.63) is 60.2 Å². The third-order valence-electron chi connectivity index (χ3n) is 2.34. The fourth-order valence-corrected chi connectivity index (χ4v) is 1.84. The standard InChI is InChI=1S/C13H10FNO4S/c14-20(17,18)19-12-8-6-10(7-9-12)13(16)15-11-4-2-1-3-5-11/h1-9H,(H,15,16). The van der Waals surface area contributed by atoms with Crippen LogP contribution < -0.4 is 9.50 Å². The van der Waals surface area contributed by atoms with Gasteiger partial charge in [-0.3, -0.25) is 4.79 Å². The summed E-state index contributed by atoms with van der Waals surface area (Å²) in [5, 5.41) is 2.65. The average molecular weight is 295 g/mol. The molecule has 0 heterocycles. The number of amides is 1. The average Bonchev–Trinajstić information content (AvgIpc) is 2.39. The summed E-state index contributed by atoms with van der Waals surface area (Å²) in [5.74, 6) is -0.574. The highest BCUT2D eigenvalue weighted by atomic mass is 32.3. The molecular weight excluding hydrogens is 285 g/mol. The van der Waals surface area contributed by atoms with Gasteiger partial charge in [-0.2, -0.15) is 8.42 Å². The molecule has 0 atom stereocenters. The van der Waals surface area contributed by atoms with Crippen LogP contribution in [0.2, 0.25) is 0 Å². The highest BCUT2D eigenvalue weighted by molar-refractivity contribution is 7.81. The minimum Gasteiger partial charge on any atom is -0.358 e. The van der Waals surface area contributed by atoms with E-state index in [1.807, 2.05) is 6.07 Å². The molecule has 2 rings (SSSR count). The summed E-state index contributed by atoms with van der Waals surface area (Å²) >= 11 is 0. The Balaban J connectivity index is 2.08. The van der Waals surface area contributed by atoms with Crippen LogP contribution in [-0.2, 0) is 10.5 Å². The molecule has 2 aromatic carbocycles. The molecule has 0 spiro atoms. The number of anilines is 1. The molecule has 0 radical (unpaired) electrons. The summed E-state index contributed by atoms with van der Waals surface area (Å²) in [7, 11) is -5.06. The van der Waals surface area contributed by atoms with Crippen molar-refractivity contribution in [2.75, 3.05) is 5.32 Å². The molecule has 0 saturated heterocycles. The van der Waals surface area contributed by atoms with Gasteiger partial charge < -0.3 is 9.50 Å². The third-order valence-corrected chi connectivity index (χ3v) is 2.74. The van der Waals surface area contributed by atoms with Gasteiger partial charge in [-0.05, 0) is 36.4 Å². The zero-order valence-corrected chi connectivity index (χ0v) is 10.9. The summed E-state index contributed by atoms with van der Waals surface area (Å²) in [6.45, 7) is 0. The summed E-state index contributed by atoms with van der Waals surface area (Å²) in [5.41, 5.74) is 0.918. The first-order chi connectivity index (χ1) is 9.44. The van der Waals surface area contributed by atoms with E-state index in [0.717, 1.165) is 0 Å². The lowest BCUT2D eigenvalue weighted by Crippen LogP contribution is -2.11. The highest BCUT2D eigenvalue weighted by Gasteiger charge is 2.11. The third kappa shape index (κ3) is 4.06. The van der Waals surface area contributed by atoms with Gasteiger partial charge >= 0.3 is 10.5 Å². The Morgan fingerprint density at radius 1 is 1.00 bits per heavy atom. The Morgan fingerprint density at radius 2 is 1.60 bits per heavy atom. The number of rotatable bonds is 4. The molecule has 7 heteroatoms. The fraction of sp³-hybridized carbons (Fsp3) is 0. The molecule has 20 heavy (non-hydrogen) atoms. The fourth-order valence-electron chi connectivity index (χ4n) is 1.50. The van der Waals surface area contributed by atoms with Crippen LogP contribution in [0.3, 0.4) is 0 Å². The first kappa shape index (κ1) is 14.0. The summed E-state index contributed by atoms with van der Waals surface area (Å²) in [4.78, 5) is 11.9. The van der Waals surface area contributed by atoms with Gasteiger partial charge in [0.25, 0.3) is 5.91 Å². The number of hydrogen-bond acceptors (Lipinski definition) is 4. The van der Waals surface area contributed by atoms with E-state index in [-0.39, 0.29) is 17.2 Å². The quantitative estimate of drug-likeness (QED) is 0.880. The van der Waals surface area contributed by atoms with Crippen molar-refractivity contribution in [1.82, 2.24) is 0 Å². The predicted molar refractivity (Wildman–Crippen MR) is 71.5 cm³/mol. The Bertz CT molecular complexity index is 699. The lowest BCUT2D eigenvalue weighted by molar-refractivity contribution is 0.102. The number of benzene rings is 2. The normalized spacial score (nSPS) is 10.8. The smallest absolute Gasteiger partial charge is 0.358 e. The van der Waals surface area contributed by atoms with Crippen LogP contribution in [0.4, 0.5) is 9.57 Å². The first-order valence-electron chi connectivity index (χ1n) is 5.54. The molecule has 1 amide bonds. The molecule has 0 unspecified atom stereocenters. The number of carbonyl (C=O) groups excluding carboxylic acids is 1. The number of hydrogen-bond donors (Lipinski definition) is 1. The molecular formula is C13H10FNO4S. The number of halogens is 1. The van der Waals surface area contributed by atoms with Crippen LogP contribution >= 0.6 is 0 Å². The van der Waals surface area contributed by atoms with E-state index in [2.05, 4.69) is 9.50 Å². The molecule has 1 N–H and O–H groups in total. The van der Waals surface area contributed by atoms with Crippen LogP contribution in [-0.4, -0.2) is 14.3 Å². The molecule has 0 aliphatic rings. The second-order valence-corrected chi connectivity index (χ2v) is 4.77. The maximum Gasteiger partial charge on any atom is 0.488 e. The molecule has 0 aromatic heterocycles. The first-order valence-corrected chi connectivity index (χ1v) is 6.85. The van der Waals surface area contributed by atoms with Crippen molar-refractivity contribution in [3.63, 3.8) is 0 Å². The lowest BCUT2D eigenvalue weighted by atomic mass is 10.2. The number of para-hydroxylation sites is 1. The van der Waals surface area contributed by atoms with E-state index >= 15 is 0 Å². The van der Waals surface area contributed by atoms with Gasteiger partial charge in [-0.25, -0.2) is 0 Å². The van der Waals surface area contributed by atoms with E-state index in [4.69, 9.17) is 0 Å². The van der Waals surface area contributed by atoms with Crippen LogP contribution in [0.25, 0.3) is 0 Å². The molecule has 5 nitrogen and oxygen atoms in total. The minimum atomic E-state index is -5.06. The Labute approximate surface area is 115 Å². The zero-order chi connectivity index (χ0) is 14.6. The minimum absolute atomic E-state index is 0.205. The van der Waals surface area contributed by atoms with Crippen molar-refractivity contribution >= 4 is 22.1 Å². The van der Waals surface area contributed by atoms with Gasteiger partial charge in [0.05, 0.1) is 0 Å². The van der Waals surface area contributed by atoms with Gasteiger partial charge in [0.1, 0.15) is 5.75 Å². The van der Waals surface area contributed by atoms with Crippen molar-refractivity contribution in [1.29, 1.82) is 0 Å². The van der Waals surface area contributed by atoms with Crippen molar-refractivity contribution in [2.24, 2.45) is 0 Å². The van der Waals surface area contributed by atoms with Crippen LogP contribution in [0.15, 0.2) is 54.6 Å². The van der Waals surface area contributed by atoms with Gasteiger partial charge in [-0.1, -0.05) is 22.1 Å². The molecule has 2 aromatic rings. The number of carbonyl (C=O) groups is 1. The van der Waals surface area contributed by atoms with E-state index in [1.165, 1.54) is 24.3 Å². The molecule has 0 bridgehead atoms. The van der Waals surface area contributed by atoms with Crippen molar-refractivity contribution < 1.29 is 21.3 Å². The molecule has 0 aliphatic heterocycles. The largest absolute Gasteiger partial charge is 0.488 e. The molecule has 0 aliphatic carbocycles. The van der Waals surface area contributed by atoms with Gasteiger partial charge in [0.15, 0.2) is 0 Å². The highest BCUT2D eigenvalue weighted by Crippen LogP contribution is 2.16. The Morgan fingerprint density at radius 3 is 2.15 bits per heavy atom. The molecule has 0 saturated carbocycles. The Hall–Kier alpha value is -2.41. The second kappa shape index (κ2) is 5.70. The van der Waals surface area contributed by atoms with E-state index < -0.39 is 10.5 Å². The van der Waals surface area contributed by atoms with E-state index in [0.29, 0.717) is 5.69 Å². The van der Waals surface area contributed by atoms with Gasteiger partial charge in [0.2, 0.25) is 0 Å². The summed E-state index contributed by atoms with van der Waals surface area (Å²) < 4.78 is 36.9. The van der Waals surface area contributed by atoms with E-state index in [1.54, 1.807) is 24.3 Å². The van der Waals surface area contributed by atoms with Crippen LogP contribution in [0.1, 0.15) is 10.4 Å². The maximum absolute atomic E-state index is 12.3. The van der Waals surface area contributed by atoms with E-state index in [9.17, 15) is 17.1 Å². The van der Waals surface area contributed by atoms with Gasteiger partial charge in [-0.15, -0.1) is 0 Å². The monoisotopic (exact) mass is 295 g/mol. The zero-order valence-electron chi connectivity index (χ0n) is 10.1. The second-order valence-electron chi connectivity index (χ2n) is 3.82. The number of nitrogens with one attached hydrogen (secondary N) is 1. The summed E-state index contributed by atoms with van der Waals surface area (Å²) in [6.07, 6.45) is 0. The van der Waals surface area contributed by atoms with Gasteiger partial charge in [0, 0.05) is 11.3 Å². The van der Waals surface area contributed by atoms with Crippen molar-refractivity contribution in [2.45, 2.75) is 0 Å². The van der Waals surface area contributed by atoms with Crippen LogP contribution in [0.5, 0.6) is 5.75 Å². The van der Waals surface area contributed by atoms with Crippen molar-refractivity contribution in [3.8, 4) is 5.75 Å². The summed E-state index contributed by atoms with van der Waals surface area (Å²) in [6, 6.07) is 13.9. The SMILES string of the molecule is O=C(Nc1ccccc1)c1ccc(OS(=O)(=O)F)cc1. The predicted octanol–water partition coefficient (Wildman–Crippen LogP) is 2.53. The lowest BCUT2D eigenvalue weighted by Gasteiger charge is -2.05. The van der Waals surface area contributed by atoms with Crippen LogP contribution in [0, 0.1) is 0 Å². The molecule has 0 fully saturated rings. The topological polar surface area (TPSA) is 72.5 Å². The molecule has 104 valence electrons.